The number of aliphatic imine (C=N–C) groups is 1. The zero-order chi connectivity index (χ0) is 21.1. The van der Waals surface area contributed by atoms with E-state index in [-0.39, 0.29) is 16.8 Å². The van der Waals surface area contributed by atoms with Crippen LogP contribution in [0.3, 0.4) is 0 Å². The van der Waals surface area contributed by atoms with Crippen molar-refractivity contribution in [1.29, 1.82) is 0 Å². The standard InChI is InChI=1S/C21H18F3N3O2S/c22-21(23,24)15-2-1-3-16(13-15)25-20-26-19(28)18(30-20)12-14-4-6-17(7-5-14)27-8-10-29-11-9-27/h1-7,12-13H,8-11H2,(H,25,26,28)/b18-12+. The number of morpholine rings is 1. The summed E-state index contributed by atoms with van der Waals surface area (Å²) in [5, 5.41) is 2.84. The number of hydrogen-bond donors (Lipinski definition) is 1. The lowest BCUT2D eigenvalue weighted by Gasteiger charge is -2.28. The molecule has 2 aliphatic rings. The van der Waals surface area contributed by atoms with Crippen molar-refractivity contribution in [2.75, 3.05) is 31.2 Å². The molecule has 2 aromatic carbocycles. The first-order valence-corrected chi connectivity index (χ1v) is 10.1. The Labute approximate surface area is 175 Å². The van der Waals surface area contributed by atoms with Crippen LogP contribution in [0.25, 0.3) is 6.08 Å². The summed E-state index contributed by atoms with van der Waals surface area (Å²) in [5.41, 5.74) is 1.29. The van der Waals surface area contributed by atoms with Crippen molar-refractivity contribution in [3.63, 3.8) is 0 Å². The lowest BCUT2D eigenvalue weighted by Crippen LogP contribution is -2.36. The van der Waals surface area contributed by atoms with E-state index in [1.807, 2.05) is 24.3 Å². The first-order chi connectivity index (χ1) is 14.4. The van der Waals surface area contributed by atoms with Gasteiger partial charge in [0.25, 0.3) is 5.91 Å². The molecule has 0 aliphatic carbocycles. The summed E-state index contributed by atoms with van der Waals surface area (Å²) in [6.45, 7) is 3.09. The van der Waals surface area contributed by atoms with E-state index in [0.29, 0.717) is 18.1 Å². The minimum absolute atomic E-state index is 0.128. The molecule has 2 aromatic rings. The van der Waals surface area contributed by atoms with Gasteiger partial charge in [-0.15, -0.1) is 0 Å². The molecule has 2 fully saturated rings. The molecular weight excluding hydrogens is 415 g/mol. The third-order valence-corrected chi connectivity index (χ3v) is 5.53. The molecule has 9 heteroatoms. The molecule has 0 aromatic heterocycles. The minimum atomic E-state index is -4.44. The lowest BCUT2D eigenvalue weighted by atomic mass is 10.1. The smallest absolute Gasteiger partial charge is 0.378 e. The van der Waals surface area contributed by atoms with Gasteiger partial charge in [0.2, 0.25) is 0 Å². The van der Waals surface area contributed by atoms with Crippen LogP contribution in [0, 0.1) is 0 Å². The highest BCUT2D eigenvalue weighted by Gasteiger charge is 2.30. The minimum Gasteiger partial charge on any atom is -0.378 e. The maximum Gasteiger partial charge on any atom is 0.416 e. The molecule has 0 bridgehead atoms. The molecule has 0 spiro atoms. The van der Waals surface area contributed by atoms with Gasteiger partial charge in [-0.1, -0.05) is 18.2 Å². The number of alkyl halides is 3. The van der Waals surface area contributed by atoms with Crippen molar-refractivity contribution in [3.05, 3.63) is 64.6 Å². The second-order valence-electron chi connectivity index (χ2n) is 6.72. The van der Waals surface area contributed by atoms with Gasteiger partial charge >= 0.3 is 6.18 Å². The Morgan fingerprint density at radius 3 is 2.53 bits per heavy atom. The molecule has 0 radical (unpaired) electrons. The Balaban J connectivity index is 1.48. The maximum absolute atomic E-state index is 12.9. The highest BCUT2D eigenvalue weighted by molar-refractivity contribution is 8.18. The average molecular weight is 433 g/mol. The summed E-state index contributed by atoms with van der Waals surface area (Å²) < 4.78 is 43.9. The van der Waals surface area contributed by atoms with Crippen LogP contribution < -0.4 is 10.2 Å². The van der Waals surface area contributed by atoms with Crippen LogP contribution in [0.4, 0.5) is 24.5 Å². The van der Waals surface area contributed by atoms with Gasteiger partial charge in [-0.2, -0.15) is 13.2 Å². The van der Waals surface area contributed by atoms with Crippen LogP contribution >= 0.6 is 11.8 Å². The Morgan fingerprint density at radius 1 is 1.10 bits per heavy atom. The number of hydrogen-bond acceptors (Lipinski definition) is 5. The van der Waals surface area contributed by atoms with Crippen molar-refractivity contribution in [3.8, 4) is 0 Å². The number of anilines is 1. The second kappa shape index (κ2) is 8.53. The number of halogens is 3. The fourth-order valence-corrected chi connectivity index (χ4v) is 3.95. The van der Waals surface area contributed by atoms with E-state index in [0.717, 1.165) is 48.2 Å². The zero-order valence-electron chi connectivity index (χ0n) is 15.8. The van der Waals surface area contributed by atoms with Crippen LogP contribution in [0.2, 0.25) is 0 Å². The summed E-state index contributed by atoms with van der Waals surface area (Å²) >= 11 is 1.10. The predicted molar refractivity (Wildman–Crippen MR) is 112 cm³/mol. The zero-order valence-corrected chi connectivity index (χ0v) is 16.6. The van der Waals surface area contributed by atoms with Gasteiger partial charge in [0.1, 0.15) is 0 Å². The largest absolute Gasteiger partial charge is 0.416 e. The summed E-state index contributed by atoms with van der Waals surface area (Å²) in [5.74, 6) is -0.331. The fraction of sp³-hybridized carbons (Fsp3) is 0.238. The normalized spacial score (nSPS) is 20.1. The number of amidine groups is 1. The molecule has 2 heterocycles. The summed E-state index contributed by atoms with van der Waals surface area (Å²) in [6, 6.07) is 12.5. The van der Waals surface area contributed by atoms with Crippen LogP contribution in [-0.2, 0) is 15.7 Å². The number of carbonyl (C=O) groups excluding carboxylic acids is 1. The number of nitrogens with one attached hydrogen (secondary N) is 1. The highest BCUT2D eigenvalue weighted by Crippen LogP contribution is 2.33. The summed E-state index contributed by atoms with van der Waals surface area (Å²) in [4.78, 5) is 19.0. The third kappa shape index (κ3) is 4.85. The molecule has 0 unspecified atom stereocenters. The number of rotatable bonds is 3. The third-order valence-electron chi connectivity index (χ3n) is 4.62. The van der Waals surface area contributed by atoms with Crippen LogP contribution in [0.15, 0.2) is 58.4 Å². The molecule has 2 aliphatic heterocycles. The van der Waals surface area contributed by atoms with Crippen molar-refractivity contribution in [2.45, 2.75) is 6.18 Å². The molecule has 156 valence electrons. The van der Waals surface area contributed by atoms with E-state index in [9.17, 15) is 18.0 Å². The first kappa shape index (κ1) is 20.5. The Morgan fingerprint density at radius 2 is 1.83 bits per heavy atom. The molecular formula is C21H18F3N3O2S. The second-order valence-corrected chi connectivity index (χ2v) is 7.75. The Kier molecular flexibility index (Phi) is 5.83. The van der Waals surface area contributed by atoms with Crippen molar-refractivity contribution in [1.82, 2.24) is 5.32 Å². The van der Waals surface area contributed by atoms with E-state index in [2.05, 4.69) is 15.2 Å². The lowest BCUT2D eigenvalue weighted by molar-refractivity contribution is -0.137. The molecule has 1 N–H and O–H groups in total. The van der Waals surface area contributed by atoms with E-state index >= 15 is 0 Å². The van der Waals surface area contributed by atoms with Gasteiger partial charge in [0.15, 0.2) is 5.17 Å². The number of nitrogens with zero attached hydrogens (tertiary/aromatic N) is 2. The molecule has 1 amide bonds. The summed E-state index contributed by atoms with van der Waals surface area (Å²) in [6.07, 6.45) is -2.71. The SMILES string of the molecule is O=C1NC(=Nc2cccc(C(F)(F)F)c2)S/C1=C/c1ccc(N2CCOCC2)cc1. The number of amides is 1. The number of thioether (sulfide) groups is 1. The molecule has 5 nitrogen and oxygen atoms in total. The predicted octanol–water partition coefficient (Wildman–Crippen LogP) is 4.43. The topological polar surface area (TPSA) is 53.9 Å². The van der Waals surface area contributed by atoms with Crippen molar-refractivity contribution < 1.29 is 22.7 Å². The number of carbonyl (C=O) groups is 1. The van der Waals surface area contributed by atoms with Crippen LogP contribution in [0.5, 0.6) is 0 Å². The monoisotopic (exact) mass is 433 g/mol. The molecule has 0 saturated carbocycles. The molecule has 30 heavy (non-hydrogen) atoms. The molecule has 4 rings (SSSR count). The van der Waals surface area contributed by atoms with Crippen molar-refractivity contribution >= 4 is 40.3 Å². The first-order valence-electron chi connectivity index (χ1n) is 9.28. The van der Waals surface area contributed by atoms with Gasteiger partial charge in [0.05, 0.1) is 29.4 Å². The van der Waals surface area contributed by atoms with Gasteiger partial charge in [-0.05, 0) is 53.7 Å². The van der Waals surface area contributed by atoms with E-state index < -0.39 is 11.7 Å². The maximum atomic E-state index is 12.9. The highest BCUT2D eigenvalue weighted by atomic mass is 32.2. The fourth-order valence-electron chi connectivity index (χ4n) is 3.10. The number of ether oxygens (including phenoxy) is 1. The molecule has 2 saturated heterocycles. The van der Waals surface area contributed by atoms with E-state index in [1.54, 1.807) is 6.08 Å². The van der Waals surface area contributed by atoms with Crippen molar-refractivity contribution in [2.24, 2.45) is 4.99 Å². The molecule has 0 atom stereocenters. The Hall–Kier alpha value is -2.78. The Bertz CT molecular complexity index is 997. The van der Waals surface area contributed by atoms with Gasteiger partial charge in [-0.3, -0.25) is 4.79 Å². The summed E-state index contributed by atoms with van der Waals surface area (Å²) in [7, 11) is 0. The number of benzene rings is 2. The van der Waals surface area contributed by atoms with E-state index in [4.69, 9.17) is 4.74 Å². The van der Waals surface area contributed by atoms with Gasteiger partial charge in [-0.25, -0.2) is 4.99 Å². The van der Waals surface area contributed by atoms with Crippen LogP contribution in [0.1, 0.15) is 11.1 Å². The van der Waals surface area contributed by atoms with Gasteiger partial charge < -0.3 is 15.0 Å². The van der Waals surface area contributed by atoms with Crippen LogP contribution in [-0.4, -0.2) is 37.4 Å². The van der Waals surface area contributed by atoms with Gasteiger partial charge in [0, 0.05) is 18.8 Å². The average Bonchev–Trinajstić information content (AvgIpc) is 3.07. The quantitative estimate of drug-likeness (QED) is 0.728. The van der Waals surface area contributed by atoms with E-state index in [1.165, 1.54) is 12.1 Å².